The highest BCUT2D eigenvalue weighted by molar-refractivity contribution is 7.85. The Kier molecular flexibility index (Phi) is 3.67. The van der Waals surface area contributed by atoms with Gasteiger partial charge >= 0.3 is 10.1 Å². The fraction of sp³-hybridized carbons (Fsp3) is 0.267. The van der Waals surface area contributed by atoms with Crippen LogP contribution in [0.4, 0.5) is 5.69 Å². The second kappa shape index (κ2) is 5.00. The molecule has 0 saturated heterocycles. The molecule has 0 aromatic heterocycles. The molecule has 1 heterocycles. The summed E-state index contributed by atoms with van der Waals surface area (Å²) in [5.74, 6) is -0.454. The van der Waals surface area contributed by atoms with E-state index in [4.69, 9.17) is 0 Å². The van der Waals surface area contributed by atoms with Gasteiger partial charge in [0.05, 0.1) is 5.41 Å². The first-order chi connectivity index (χ1) is 9.27. The lowest BCUT2D eigenvalue weighted by atomic mass is 9.81. The summed E-state index contributed by atoms with van der Waals surface area (Å²) in [6.45, 7) is 7.68. The van der Waals surface area contributed by atoms with Crippen LogP contribution in [0.1, 0.15) is 19.4 Å². The van der Waals surface area contributed by atoms with Gasteiger partial charge in [-0.3, -0.25) is 4.55 Å². The third kappa shape index (κ3) is 2.59. The van der Waals surface area contributed by atoms with Crippen molar-refractivity contribution in [2.75, 3.05) is 5.88 Å². The summed E-state index contributed by atoms with van der Waals surface area (Å²) < 4.78 is 33.4. The standard InChI is InChI=1S/C15H17NO3S/c1-4-5-10-14-15(2,3)12-8-6-7-9-13(12)16(14)11-20(17,18)19/h4-10H,1,11H2,2-3H3/p+1. The van der Waals surface area contributed by atoms with Gasteiger partial charge in [-0.1, -0.05) is 36.9 Å². The maximum Gasteiger partial charge on any atom is 0.326 e. The van der Waals surface area contributed by atoms with Crippen LogP contribution in [-0.2, 0) is 15.5 Å². The quantitative estimate of drug-likeness (QED) is 0.527. The van der Waals surface area contributed by atoms with Crippen molar-refractivity contribution in [3.8, 4) is 0 Å². The fourth-order valence-corrected chi connectivity index (χ4v) is 3.21. The normalized spacial score (nSPS) is 17.6. The molecule has 5 heteroatoms. The van der Waals surface area contributed by atoms with Gasteiger partial charge in [-0.25, -0.2) is 0 Å². The molecule has 1 aromatic rings. The number of rotatable bonds is 4. The number of allylic oxidation sites excluding steroid dienone is 3. The number of hydrogen-bond acceptors (Lipinski definition) is 2. The number of nitrogens with zero attached hydrogens (tertiary/aromatic N) is 1. The molecule has 4 nitrogen and oxygen atoms in total. The molecule has 0 fully saturated rings. The summed E-state index contributed by atoms with van der Waals surface area (Å²) in [6.07, 6.45) is 5.23. The first kappa shape index (κ1) is 14.7. The second-order valence-electron chi connectivity index (χ2n) is 5.26. The van der Waals surface area contributed by atoms with Crippen LogP contribution < -0.4 is 0 Å². The zero-order valence-electron chi connectivity index (χ0n) is 11.6. The maximum atomic E-state index is 11.3. The molecule has 0 saturated carbocycles. The zero-order valence-corrected chi connectivity index (χ0v) is 12.4. The molecule has 1 N–H and O–H groups in total. The average Bonchev–Trinajstić information content (AvgIpc) is 2.55. The summed E-state index contributed by atoms with van der Waals surface area (Å²) in [4.78, 5) is 0. The van der Waals surface area contributed by atoms with Gasteiger partial charge in [0, 0.05) is 17.7 Å². The predicted octanol–water partition coefficient (Wildman–Crippen LogP) is 2.65. The van der Waals surface area contributed by atoms with Crippen molar-refractivity contribution in [2.24, 2.45) is 0 Å². The molecule has 1 aliphatic rings. The van der Waals surface area contributed by atoms with Crippen LogP contribution in [0.25, 0.3) is 0 Å². The van der Waals surface area contributed by atoms with Crippen molar-refractivity contribution in [3.63, 3.8) is 0 Å². The minimum Gasteiger partial charge on any atom is -0.281 e. The molecule has 1 aliphatic heterocycles. The summed E-state index contributed by atoms with van der Waals surface area (Å²) in [5, 5.41) is 0. The summed E-state index contributed by atoms with van der Waals surface area (Å²) in [6, 6.07) is 7.61. The summed E-state index contributed by atoms with van der Waals surface area (Å²) >= 11 is 0. The molecule has 0 radical (unpaired) electrons. The van der Waals surface area contributed by atoms with Crippen molar-refractivity contribution < 1.29 is 17.5 Å². The molecule has 0 aliphatic carbocycles. The fourth-order valence-electron chi connectivity index (χ4n) is 2.60. The van der Waals surface area contributed by atoms with E-state index in [1.165, 1.54) is 0 Å². The number of hydrogen-bond donors (Lipinski definition) is 1. The lowest BCUT2D eigenvalue weighted by Crippen LogP contribution is -2.29. The van der Waals surface area contributed by atoms with Crippen molar-refractivity contribution in [3.05, 3.63) is 54.6 Å². The first-order valence-corrected chi connectivity index (χ1v) is 7.87. The zero-order chi connectivity index (χ0) is 15.0. The maximum absolute atomic E-state index is 11.3. The lowest BCUT2D eigenvalue weighted by molar-refractivity contribution is -0.416. The van der Waals surface area contributed by atoms with Crippen molar-refractivity contribution in [1.29, 1.82) is 0 Å². The Labute approximate surface area is 119 Å². The van der Waals surface area contributed by atoms with Gasteiger partial charge in [0.2, 0.25) is 5.69 Å². The van der Waals surface area contributed by atoms with E-state index in [0.29, 0.717) is 0 Å². The van der Waals surface area contributed by atoms with Gasteiger partial charge in [0.25, 0.3) is 5.88 Å². The van der Waals surface area contributed by atoms with Crippen LogP contribution in [0.2, 0.25) is 0 Å². The minimum atomic E-state index is -4.11. The molecule has 0 atom stereocenters. The van der Waals surface area contributed by atoms with Crippen LogP contribution in [-0.4, -0.2) is 29.1 Å². The van der Waals surface area contributed by atoms with Crippen LogP contribution in [0.15, 0.2) is 49.1 Å². The van der Waals surface area contributed by atoms with E-state index < -0.39 is 16.0 Å². The van der Waals surface area contributed by atoms with E-state index in [2.05, 4.69) is 6.58 Å². The van der Waals surface area contributed by atoms with Crippen LogP contribution in [0, 0.1) is 0 Å². The van der Waals surface area contributed by atoms with Crippen molar-refractivity contribution in [1.82, 2.24) is 0 Å². The topological polar surface area (TPSA) is 57.4 Å². The van der Waals surface area contributed by atoms with Crippen LogP contribution in [0.3, 0.4) is 0 Å². The first-order valence-electron chi connectivity index (χ1n) is 6.26. The van der Waals surface area contributed by atoms with Gasteiger partial charge in [-0.2, -0.15) is 13.0 Å². The second-order valence-corrected chi connectivity index (χ2v) is 6.68. The highest BCUT2D eigenvalue weighted by atomic mass is 32.2. The Bertz CT molecular complexity index is 712. The van der Waals surface area contributed by atoms with E-state index >= 15 is 0 Å². The van der Waals surface area contributed by atoms with Gasteiger partial charge in [0.15, 0.2) is 5.71 Å². The van der Waals surface area contributed by atoms with Gasteiger partial charge in [0.1, 0.15) is 0 Å². The molecule has 2 rings (SSSR count). The third-order valence-corrected chi connectivity index (χ3v) is 4.07. The van der Waals surface area contributed by atoms with Crippen molar-refractivity contribution in [2.45, 2.75) is 19.3 Å². The van der Waals surface area contributed by atoms with E-state index in [-0.39, 0.29) is 5.41 Å². The highest BCUT2D eigenvalue weighted by Crippen LogP contribution is 2.39. The Morgan fingerprint density at radius 3 is 2.60 bits per heavy atom. The molecule has 20 heavy (non-hydrogen) atoms. The monoisotopic (exact) mass is 292 g/mol. The minimum absolute atomic E-state index is 0.333. The molecule has 0 bridgehead atoms. The van der Waals surface area contributed by atoms with Crippen molar-refractivity contribution >= 4 is 21.5 Å². The molecule has 0 amide bonds. The van der Waals surface area contributed by atoms with Crippen LogP contribution >= 0.6 is 0 Å². The summed E-state index contributed by atoms with van der Waals surface area (Å²) in [5.41, 5.74) is 2.32. The van der Waals surface area contributed by atoms with E-state index in [0.717, 1.165) is 17.0 Å². The SMILES string of the molecule is C=CC=CC1=[N+](CS(=O)(=O)O)c2ccccc2C1(C)C. The highest BCUT2D eigenvalue weighted by Gasteiger charge is 2.45. The number of benzene rings is 1. The molecule has 106 valence electrons. The van der Waals surface area contributed by atoms with E-state index in [9.17, 15) is 13.0 Å². The molecular weight excluding hydrogens is 274 g/mol. The predicted molar refractivity (Wildman–Crippen MR) is 80.1 cm³/mol. The Morgan fingerprint density at radius 2 is 2.00 bits per heavy atom. The number of para-hydroxylation sites is 1. The smallest absolute Gasteiger partial charge is 0.281 e. The molecule has 0 unspecified atom stereocenters. The lowest BCUT2D eigenvalue weighted by Gasteiger charge is -2.15. The number of fused-ring (bicyclic) bond motifs is 1. The molecular formula is C15H18NO3S+. The van der Waals surface area contributed by atoms with Gasteiger partial charge in [-0.05, 0) is 13.8 Å². The summed E-state index contributed by atoms with van der Waals surface area (Å²) in [7, 11) is -4.11. The Morgan fingerprint density at radius 1 is 1.35 bits per heavy atom. The Balaban J connectivity index is 2.69. The van der Waals surface area contributed by atoms with Crippen LogP contribution in [0.5, 0.6) is 0 Å². The van der Waals surface area contributed by atoms with Gasteiger partial charge in [-0.15, -0.1) is 0 Å². The van der Waals surface area contributed by atoms with E-state index in [1.807, 2.05) is 44.2 Å². The molecule has 1 aromatic carbocycles. The largest absolute Gasteiger partial charge is 0.326 e. The van der Waals surface area contributed by atoms with Gasteiger partial charge < -0.3 is 0 Å². The van der Waals surface area contributed by atoms with E-state index in [1.54, 1.807) is 16.7 Å². The third-order valence-electron chi connectivity index (χ3n) is 3.48. The Hall–Kier alpha value is -1.72. The average molecular weight is 292 g/mol. The molecule has 0 spiro atoms.